The molecule has 6 nitrogen and oxygen atoms in total. The van der Waals surface area contributed by atoms with Gasteiger partial charge in [-0.1, -0.05) is 0 Å². The summed E-state index contributed by atoms with van der Waals surface area (Å²) in [5, 5.41) is 0. The Morgan fingerprint density at radius 1 is 1.47 bits per heavy atom. The standard InChI is InChI=1S/C11H18N2O4/c1-12-4-3-8(10(12)14)13-5-6-17-7-9(13)11(15)16-2/h8-9H,3-7H2,1-2H3. The van der Waals surface area contributed by atoms with E-state index in [1.54, 1.807) is 11.9 Å². The number of morpholine rings is 1. The third-order valence-corrected chi connectivity index (χ3v) is 3.44. The van der Waals surface area contributed by atoms with Crippen LogP contribution >= 0.6 is 0 Å². The van der Waals surface area contributed by atoms with E-state index < -0.39 is 6.04 Å². The fraction of sp³-hybridized carbons (Fsp3) is 0.818. The molecule has 2 unspecified atom stereocenters. The monoisotopic (exact) mass is 242 g/mol. The first-order valence-electron chi connectivity index (χ1n) is 5.81. The Hall–Kier alpha value is -1.14. The van der Waals surface area contributed by atoms with E-state index in [1.165, 1.54) is 7.11 Å². The number of likely N-dealkylation sites (N-methyl/N-ethyl adjacent to an activating group) is 1. The first-order chi connectivity index (χ1) is 8.15. The van der Waals surface area contributed by atoms with Crippen LogP contribution in [-0.2, 0) is 19.1 Å². The fourth-order valence-electron chi connectivity index (χ4n) is 2.44. The second-order valence-corrected chi connectivity index (χ2v) is 4.42. The van der Waals surface area contributed by atoms with Crippen molar-refractivity contribution in [3.05, 3.63) is 0 Å². The molecule has 0 radical (unpaired) electrons. The highest BCUT2D eigenvalue weighted by Gasteiger charge is 2.41. The van der Waals surface area contributed by atoms with Gasteiger partial charge in [0, 0.05) is 20.1 Å². The van der Waals surface area contributed by atoms with Gasteiger partial charge in [-0.3, -0.25) is 14.5 Å². The zero-order chi connectivity index (χ0) is 12.4. The number of methoxy groups -OCH3 is 1. The van der Waals surface area contributed by atoms with Gasteiger partial charge in [-0.25, -0.2) is 0 Å². The minimum Gasteiger partial charge on any atom is -0.468 e. The van der Waals surface area contributed by atoms with Crippen molar-refractivity contribution in [3.63, 3.8) is 0 Å². The van der Waals surface area contributed by atoms with Crippen LogP contribution in [-0.4, -0.2) is 74.2 Å². The molecule has 0 saturated carbocycles. The number of esters is 1. The number of carbonyl (C=O) groups is 2. The molecular weight excluding hydrogens is 224 g/mol. The lowest BCUT2D eigenvalue weighted by Gasteiger charge is -2.36. The summed E-state index contributed by atoms with van der Waals surface area (Å²) < 4.78 is 10.0. The smallest absolute Gasteiger partial charge is 0.325 e. The normalized spacial score (nSPS) is 30.7. The van der Waals surface area contributed by atoms with Crippen LogP contribution in [0.1, 0.15) is 6.42 Å². The van der Waals surface area contributed by atoms with Crippen LogP contribution in [0.5, 0.6) is 0 Å². The molecule has 2 atom stereocenters. The number of nitrogens with zero attached hydrogens (tertiary/aromatic N) is 2. The number of likely N-dealkylation sites (tertiary alicyclic amines) is 1. The molecule has 2 fully saturated rings. The first-order valence-corrected chi connectivity index (χ1v) is 5.81. The van der Waals surface area contributed by atoms with Gasteiger partial charge in [-0.05, 0) is 6.42 Å². The third kappa shape index (κ3) is 2.28. The Bertz CT molecular complexity index is 317. The Balaban J connectivity index is 2.11. The van der Waals surface area contributed by atoms with Crippen molar-refractivity contribution in [2.75, 3.05) is 40.5 Å². The zero-order valence-corrected chi connectivity index (χ0v) is 10.2. The highest BCUT2D eigenvalue weighted by molar-refractivity contribution is 5.85. The highest BCUT2D eigenvalue weighted by atomic mass is 16.5. The lowest BCUT2D eigenvalue weighted by atomic mass is 10.1. The van der Waals surface area contributed by atoms with Crippen molar-refractivity contribution in [2.45, 2.75) is 18.5 Å². The lowest BCUT2D eigenvalue weighted by molar-refractivity contribution is -0.156. The molecule has 0 N–H and O–H groups in total. The Morgan fingerprint density at radius 2 is 2.24 bits per heavy atom. The van der Waals surface area contributed by atoms with Gasteiger partial charge in [0.15, 0.2) is 0 Å². The lowest BCUT2D eigenvalue weighted by Crippen LogP contribution is -2.56. The van der Waals surface area contributed by atoms with E-state index in [9.17, 15) is 9.59 Å². The molecule has 0 bridgehead atoms. The fourth-order valence-corrected chi connectivity index (χ4v) is 2.44. The van der Waals surface area contributed by atoms with Crippen LogP contribution in [0.3, 0.4) is 0 Å². The maximum Gasteiger partial charge on any atom is 0.325 e. The SMILES string of the molecule is COC(=O)C1COCCN1C1CCN(C)C1=O. The molecule has 17 heavy (non-hydrogen) atoms. The van der Waals surface area contributed by atoms with Gasteiger partial charge < -0.3 is 14.4 Å². The summed E-state index contributed by atoms with van der Waals surface area (Å²) in [5.74, 6) is -0.243. The van der Waals surface area contributed by atoms with Gasteiger partial charge in [0.25, 0.3) is 0 Å². The molecular formula is C11H18N2O4. The second kappa shape index (κ2) is 5.01. The molecule has 2 saturated heterocycles. The van der Waals surface area contributed by atoms with Crippen LogP contribution in [0.25, 0.3) is 0 Å². The van der Waals surface area contributed by atoms with Crippen LogP contribution in [0.15, 0.2) is 0 Å². The van der Waals surface area contributed by atoms with E-state index in [-0.39, 0.29) is 17.9 Å². The quantitative estimate of drug-likeness (QED) is 0.587. The average molecular weight is 242 g/mol. The molecule has 2 heterocycles. The predicted molar refractivity (Wildman–Crippen MR) is 59.4 cm³/mol. The van der Waals surface area contributed by atoms with E-state index in [0.29, 0.717) is 19.8 Å². The molecule has 1 amide bonds. The summed E-state index contributed by atoms with van der Waals surface area (Å²) in [6, 6.07) is -0.651. The average Bonchev–Trinajstić information content (AvgIpc) is 2.69. The van der Waals surface area contributed by atoms with Crippen molar-refractivity contribution in [2.24, 2.45) is 0 Å². The van der Waals surface area contributed by atoms with Gasteiger partial charge >= 0.3 is 5.97 Å². The van der Waals surface area contributed by atoms with E-state index in [4.69, 9.17) is 9.47 Å². The summed E-state index contributed by atoms with van der Waals surface area (Å²) in [6.07, 6.45) is 0.767. The summed E-state index contributed by atoms with van der Waals surface area (Å²) in [4.78, 5) is 27.2. The third-order valence-electron chi connectivity index (χ3n) is 3.44. The number of ether oxygens (including phenoxy) is 2. The van der Waals surface area contributed by atoms with Crippen LogP contribution in [0.4, 0.5) is 0 Å². The Morgan fingerprint density at radius 3 is 2.82 bits per heavy atom. The van der Waals surface area contributed by atoms with Crippen LogP contribution in [0.2, 0.25) is 0 Å². The van der Waals surface area contributed by atoms with Gasteiger partial charge in [0.05, 0.1) is 26.4 Å². The van der Waals surface area contributed by atoms with Gasteiger partial charge in [0.2, 0.25) is 5.91 Å². The van der Waals surface area contributed by atoms with E-state index in [0.717, 1.165) is 13.0 Å². The Kier molecular flexibility index (Phi) is 3.63. The number of carbonyl (C=O) groups excluding carboxylic acids is 2. The molecule has 0 spiro atoms. The van der Waals surface area contributed by atoms with E-state index in [1.807, 2.05) is 4.90 Å². The molecule has 2 aliphatic rings. The molecule has 96 valence electrons. The second-order valence-electron chi connectivity index (χ2n) is 4.42. The van der Waals surface area contributed by atoms with Gasteiger partial charge in [-0.2, -0.15) is 0 Å². The Labute approximate surface area is 100 Å². The highest BCUT2D eigenvalue weighted by Crippen LogP contribution is 2.21. The summed E-state index contributed by atoms with van der Waals surface area (Å²) in [5.41, 5.74) is 0. The first kappa shape index (κ1) is 12.3. The van der Waals surface area contributed by atoms with Crippen molar-refractivity contribution in [1.29, 1.82) is 0 Å². The van der Waals surface area contributed by atoms with Crippen LogP contribution in [0, 0.1) is 0 Å². The minimum atomic E-state index is -0.450. The van der Waals surface area contributed by atoms with Crippen molar-refractivity contribution < 1.29 is 19.1 Å². The molecule has 6 heteroatoms. The van der Waals surface area contributed by atoms with E-state index in [2.05, 4.69) is 0 Å². The minimum absolute atomic E-state index is 0.0841. The molecule has 2 rings (SSSR count). The number of amides is 1. The van der Waals surface area contributed by atoms with E-state index >= 15 is 0 Å². The topological polar surface area (TPSA) is 59.1 Å². The van der Waals surface area contributed by atoms with Crippen molar-refractivity contribution >= 4 is 11.9 Å². The zero-order valence-electron chi connectivity index (χ0n) is 10.2. The maximum absolute atomic E-state index is 12.0. The molecule has 0 aromatic heterocycles. The molecule has 0 aromatic rings. The van der Waals surface area contributed by atoms with Crippen molar-refractivity contribution in [3.8, 4) is 0 Å². The summed E-state index contributed by atoms with van der Waals surface area (Å²) in [7, 11) is 3.15. The van der Waals surface area contributed by atoms with Gasteiger partial charge in [0.1, 0.15) is 6.04 Å². The number of hydrogen-bond donors (Lipinski definition) is 0. The molecule has 0 aliphatic carbocycles. The number of hydrogen-bond acceptors (Lipinski definition) is 5. The molecule has 0 aromatic carbocycles. The summed E-state index contributed by atoms with van der Waals surface area (Å²) >= 11 is 0. The largest absolute Gasteiger partial charge is 0.468 e. The maximum atomic E-state index is 12.0. The van der Waals surface area contributed by atoms with Crippen molar-refractivity contribution in [1.82, 2.24) is 9.80 Å². The van der Waals surface area contributed by atoms with Crippen LogP contribution < -0.4 is 0 Å². The van der Waals surface area contributed by atoms with Gasteiger partial charge in [-0.15, -0.1) is 0 Å². The predicted octanol–water partition coefficient (Wildman–Crippen LogP) is -0.909. The molecule has 2 aliphatic heterocycles. The summed E-state index contributed by atoms with van der Waals surface area (Å²) in [6.45, 7) is 2.21. The number of rotatable bonds is 2.